The molecule has 0 radical (unpaired) electrons. The van der Waals surface area contributed by atoms with Crippen molar-refractivity contribution in [2.75, 3.05) is 36.0 Å². The van der Waals surface area contributed by atoms with E-state index in [4.69, 9.17) is 0 Å². The zero-order chi connectivity index (χ0) is 20.9. The highest BCUT2D eigenvalue weighted by molar-refractivity contribution is 5.85. The van der Waals surface area contributed by atoms with Crippen LogP contribution >= 0.6 is 0 Å². The zero-order valence-electron chi connectivity index (χ0n) is 17.9. The van der Waals surface area contributed by atoms with E-state index < -0.39 is 0 Å². The van der Waals surface area contributed by atoms with E-state index >= 15 is 0 Å². The number of aryl methyl sites for hydroxylation is 5. The van der Waals surface area contributed by atoms with Crippen LogP contribution in [0.2, 0.25) is 0 Å². The topological polar surface area (TPSA) is 40.6 Å². The number of rotatable bonds is 3. The highest BCUT2D eigenvalue weighted by atomic mass is 16.2. The number of hydrogen-bond acceptors (Lipinski definition) is 4. The van der Waals surface area contributed by atoms with E-state index in [9.17, 15) is 9.59 Å². The number of piperazine rings is 1. The molecule has 0 atom stereocenters. The third-order valence-corrected chi connectivity index (χ3v) is 6.30. The van der Waals surface area contributed by atoms with E-state index in [0.717, 1.165) is 42.9 Å². The molecule has 0 N–H and O–H groups in total. The van der Waals surface area contributed by atoms with E-state index in [1.165, 1.54) is 22.4 Å². The first-order chi connectivity index (χ1) is 13.8. The Kier molecular flexibility index (Phi) is 4.81. The van der Waals surface area contributed by atoms with Crippen LogP contribution in [-0.2, 0) is 0 Å². The van der Waals surface area contributed by atoms with Gasteiger partial charge in [-0.2, -0.15) is 0 Å². The van der Waals surface area contributed by atoms with Crippen molar-refractivity contribution < 1.29 is 0 Å². The van der Waals surface area contributed by atoms with Gasteiger partial charge in [-0.3, -0.25) is 9.59 Å². The highest BCUT2D eigenvalue weighted by Crippen LogP contribution is 2.32. The van der Waals surface area contributed by atoms with Gasteiger partial charge in [0.05, 0.1) is 5.56 Å². The van der Waals surface area contributed by atoms with Crippen LogP contribution < -0.4 is 20.7 Å². The average molecular weight is 389 g/mol. The summed E-state index contributed by atoms with van der Waals surface area (Å²) in [4.78, 5) is 29.5. The van der Waals surface area contributed by atoms with Crippen LogP contribution in [0, 0.1) is 34.6 Å². The van der Waals surface area contributed by atoms with Gasteiger partial charge in [-0.15, -0.1) is 0 Å². The lowest BCUT2D eigenvalue weighted by molar-refractivity contribution is 0.649. The summed E-state index contributed by atoms with van der Waals surface area (Å²) in [6.45, 7) is 13.6. The highest BCUT2D eigenvalue weighted by Gasteiger charge is 2.30. The van der Waals surface area contributed by atoms with Crippen molar-refractivity contribution >= 4 is 11.4 Å². The van der Waals surface area contributed by atoms with E-state index in [1.807, 2.05) is 13.8 Å². The summed E-state index contributed by atoms with van der Waals surface area (Å²) >= 11 is 0. The van der Waals surface area contributed by atoms with Crippen molar-refractivity contribution in [3.05, 3.63) is 78.6 Å². The Hall–Kier alpha value is -2.88. The van der Waals surface area contributed by atoms with Crippen molar-refractivity contribution in [3.63, 3.8) is 0 Å². The summed E-state index contributed by atoms with van der Waals surface area (Å²) in [5, 5.41) is 0. The molecular formula is C25H28N2O2. The molecule has 150 valence electrons. The summed E-state index contributed by atoms with van der Waals surface area (Å²) in [5.74, 6) is 0. The first kappa shape index (κ1) is 19.4. The fraction of sp³-hybridized carbons (Fsp3) is 0.360. The molecule has 4 nitrogen and oxygen atoms in total. The third kappa shape index (κ3) is 3.27. The molecule has 1 heterocycles. The van der Waals surface area contributed by atoms with E-state index in [-0.39, 0.29) is 10.9 Å². The summed E-state index contributed by atoms with van der Waals surface area (Å²) < 4.78 is 0. The molecule has 3 aromatic carbocycles. The second-order valence-corrected chi connectivity index (χ2v) is 8.40. The Morgan fingerprint density at radius 3 is 1.97 bits per heavy atom. The Bertz CT molecular complexity index is 1160. The van der Waals surface area contributed by atoms with Gasteiger partial charge in [0.2, 0.25) is 10.9 Å². The molecule has 0 unspecified atom stereocenters. The van der Waals surface area contributed by atoms with Crippen LogP contribution in [0.3, 0.4) is 0 Å². The molecular weight excluding hydrogens is 360 g/mol. The molecule has 1 saturated heterocycles. The Labute approximate surface area is 172 Å². The minimum absolute atomic E-state index is 0.335. The average Bonchev–Trinajstić information content (AvgIpc) is 2.70. The van der Waals surface area contributed by atoms with Gasteiger partial charge in [0, 0.05) is 31.9 Å². The summed E-state index contributed by atoms with van der Waals surface area (Å²) in [6, 6.07) is 10.7. The molecule has 0 amide bonds. The summed E-state index contributed by atoms with van der Waals surface area (Å²) in [6.07, 6.45) is 0. The Morgan fingerprint density at radius 2 is 1.28 bits per heavy atom. The monoisotopic (exact) mass is 388 g/mol. The van der Waals surface area contributed by atoms with Crippen molar-refractivity contribution in [1.29, 1.82) is 0 Å². The van der Waals surface area contributed by atoms with E-state index in [0.29, 0.717) is 11.3 Å². The fourth-order valence-electron chi connectivity index (χ4n) is 4.39. The molecule has 0 spiro atoms. The molecule has 0 bridgehead atoms. The lowest BCUT2D eigenvalue weighted by Gasteiger charge is -2.39. The van der Waals surface area contributed by atoms with Crippen LogP contribution in [0.1, 0.15) is 27.8 Å². The van der Waals surface area contributed by atoms with E-state index in [2.05, 4.69) is 60.9 Å². The number of nitrogens with zero attached hydrogens (tertiary/aromatic N) is 2. The lowest BCUT2D eigenvalue weighted by atomic mass is 9.91. The second-order valence-electron chi connectivity index (χ2n) is 8.40. The third-order valence-electron chi connectivity index (χ3n) is 6.30. The zero-order valence-corrected chi connectivity index (χ0v) is 17.9. The van der Waals surface area contributed by atoms with Gasteiger partial charge in [-0.25, -0.2) is 0 Å². The number of benzene rings is 2. The first-order valence-electron chi connectivity index (χ1n) is 10.3. The maximum atomic E-state index is 12.5. The van der Waals surface area contributed by atoms with Crippen LogP contribution in [0.15, 0.2) is 39.9 Å². The van der Waals surface area contributed by atoms with Gasteiger partial charge in [-0.1, -0.05) is 24.3 Å². The molecule has 0 saturated carbocycles. The first-order valence-corrected chi connectivity index (χ1v) is 10.3. The minimum atomic E-state index is -0.344. The molecule has 0 aromatic heterocycles. The van der Waals surface area contributed by atoms with Crippen molar-refractivity contribution in [2.24, 2.45) is 0 Å². The van der Waals surface area contributed by atoms with Gasteiger partial charge < -0.3 is 9.80 Å². The molecule has 3 aromatic rings. The molecule has 1 fully saturated rings. The molecule has 29 heavy (non-hydrogen) atoms. The maximum absolute atomic E-state index is 12.5. The fourth-order valence-corrected chi connectivity index (χ4v) is 4.39. The second kappa shape index (κ2) is 7.18. The maximum Gasteiger partial charge on any atom is 0.250 e. The van der Waals surface area contributed by atoms with Gasteiger partial charge >= 0.3 is 0 Å². The van der Waals surface area contributed by atoms with Gasteiger partial charge in [0.15, 0.2) is 0 Å². The quantitative estimate of drug-likeness (QED) is 0.640. The molecule has 4 heteroatoms. The Balaban J connectivity index is 1.62. The largest absolute Gasteiger partial charge is 0.368 e. The summed E-state index contributed by atoms with van der Waals surface area (Å²) in [5.41, 5.74) is 8.63. The smallest absolute Gasteiger partial charge is 0.250 e. The van der Waals surface area contributed by atoms with Crippen LogP contribution in [0.4, 0.5) is 11.4 Å². The predicted molar refractivity (Wildman–Crippen MR) is 121 cm³/mol. The Morgan fingerprint density at radius 1 is 0.655 bits per heavy atom. The predicted octanol–water partition coefficient (Wildman–Crippen LogP) is 3.82. The molecule has 1 aliphatic rings. The number of hydrogen-bond donors (Lipinski definition) is 0. The van der Waals surface area contributed by atoms with Gasteiger partial charge in [-0.05, 0) is 74.1 Å². The molecule has 4 rings (SSSR count). The van der Waals surface area contributed by atoms with Gasteiger partial charge in [0.1, 0.15) is 5.69 Å². The number of anilines is 2. The van der Waals surface area contributed by atoms with Crippen LogP contribution in [0.25, 0.3) is 11.1 Å². The summed E-state index contributed by atoms with van der Waals surface area (Å²) in [7, 11) is 0. The normalized spacial score (nSPS) is 14.7. The standard InChI is InChI=1S/C25H28N2O2/c1-15-6-7-16(2)21(12-15)26-8-10-27(11-9-26)23-22(24(28)25(23)29)20-14-18(4)17(3)13-19(20)5/h6-7,12-14H,8-11H2,1-5H3. The van der Waals surface area contributed by atoms with Crippen LogP contribution in [0.5, 0.6) is 0 Å². The van der Waals surface area contributed by atoms with Gasteiger partial charge in [0.25, 0.3) is 0 Å². The van der Waals surface area contributed by atoms with E-state index in [1.54, 1.807) is 0 Å². The molecule has 1 aliphatic heterocycles. The van der Waals surface area contributed by atoms with Crippen molar-refractivity contribution in [3.8, 4) is 11.1 Å². The van der Waals surface area contributed by atoms with Crippen molar-refractivity contribution in [1.82, 2.24) is 0 Å². The lowest BCUT2D eigenvalue weighted by Crippen LogP contribution is -2.51. The SMILES string of the molecule is Cc1ccc(C)c(N2CCN(c3c(-c4cc(C)c(C)cc4C)c(=O)c3=O)CC2)c1. The minimum Gasteiger partial charge on any atom is -0.368 e. The van der Waals surface area contributed by atoms with Crippen LogP contribution in [-0.4, -0.2) is 26.2 Å². The molecule has 0 aliphatic carbocycles. The van der Waals surface area contributed by atoms with Crippen molar-refractivity contribution in [2.45, 2.75) is 34.6 Å².